The van der Waals surface area contributed by atoms with Crippen molar-refractivity contribution < 1.29 is 12.9 Å². The van der Waals surface area contributed by atoms with Gasteiger partial charge in [0.15, 0.2) is 5.69 Å². The average Bonchev–Trinajstić information content (AvgIpc) is 2.68. The number of nitrogens with one attached hydrogen (secondary N) is 1. The zero-order chi connectivity index (χ0) is 12.9. The van der Waals surface area contributed by atoms with E-state index in [2.05, 4.69) is 19.1 Å². The van der Waals surface area contributed by atoms with Gasteiger partial charge in [0.1, 0.15) is 11.4 Å². The monoisotopic (exact) mass is 266 g/mol. The number of quaternary nitrogens is 1. The molecule has 0 radical (unpaired) electrons. The molecule has 0 aliphatic carbocycles. The van der Waals surface area contributed by atoms with Gasteiger partial charge in [0.05, 0.1) is 31.5 Å². The highest BCUT2D eigenvalue weighted by atomic mass is 32.2. The van der Waals surface area contributed by atoms with Crippen molar-refractivity contribution in [3.8, 4) is 5.75 Å². The smallest absolute Gasteiger partial charge is 0.200 e. The minimum atomic E-state index is -2.55. The van der Waals surface area contributed by atoms with Crippen molar-refractivity contribution in [2.24, 2.45) is 0 Å². The number of aromatic amines is 1. The van der Waals surface area contributed by atoms with Gasteiger partial charge in [-0.05, 0) is 17.7 Å². The molecule has 0 fully saturated rings. The van der Waals surface area contributed by atoms with Crippen LogP contribution in [0.2, 0.25) is 0 Å². The Labute approximate surface area is 107 Å². The Morgan fingerprint density at radius 1 is 1.44 bits per heavy atom. The molecule has 1 N–H and O–H groups in total. The lowest BCUT2D eigenvalue weighted by Crippen LogP contribution is -2.44. The summed E-state index contributed by atoms with van der Waals surface area (Å²) in [5, 5.41) is 1.09. The third-order valence-corrected chi connectivity index (χ3v) is 3.88. The van der Waals surface area contributed by atoms with Crippen LogP contribution in [0, 0.1) is 0 Å². The van der Waals surface area contributed by atoms with Crippen LogP contribution in [0.3, 0.4) is 0 Å². The van der Waals surface area contributed by atoms with E-state index in [0.717, 1.165) is 29.6 Å². The Balaban J connectivity index is 2.33. The van der Waals surface area contributed by atoms with Gasteiger partial charge in [-0.1, -0.05) is 0 Å². The lowest BCUT2D eigenvalue weighted by Gasteiger charge is -2.34. The van der Waals surface area contributed by atoms with Gasteiger partial charge in [-0.15, -0.1) is 0 Å². The maximum Gasteiger partial charge on any atom is 0.200 e. The number of hydrogen-bond donors (Lipinski definition) is 1. The van der Waals surface area contributed by atoms with E-state index in [4.69, 9.17) is 4.18 Å². The van der Waals surface area contributed by atoms with Crippen LogP contribution >= 0.6 is 0 Å². The Hall–Kier alpha value is -1.37. The van der Waals surface area contributed by atoms with E-state index in [1.54, 1.807) is 6.07 Å². The van der Waals surface area contributed by atoms with Crippen molar-refractivity contribution in [3.05, 3.63) is 23.9 Å². The van der Waals surface area contributed by atoms with Crippen LogP contribution in [-0.4, -0.2) is 34.4 Å². The molecule has 0 amide bonds. The molecule has 3 rings (SSSR count). The van der Waals surface area contributed by atoms with E-state index >= 15 is 0 Å². The highest BCUT2D eigenvalue weighted by Crippen LogP contribution is 2.43. The molecular weight excluding hydrogens is 252 g/mol. The second-order valence-corrected chi connectivity index (χ2v) is 5.67. The van der Waals surface area contributed by atoms with Gasteiger partial charge in [0, 0.05) is 12.6 Å². The summed E-state index contributed by atoms with van der Waals surface area (Å²) in [5.41, 5.74) is 3.17. The highest BCUT2D eigenvalue weighted by Gasteiger charge is 2.33. The van der Waals surface area contributed by atoms with Gasteiger partial charge in [0.2, 0.25) is 5.75 Å². The standard InChI is InChI=1S/C12H14N2O3S/c1-14(2)6-5-8-7-13-9-3-4-10(17-18(15)16)12(14)11(8)9/h3-4,7,13H,5-6H2,1-2H3. The molecule has 0 saturated heterocycles. The van der Waals surface area contributed by atoms with Crippen LogP contribution in [0.15, 0.2) is 18.3 Å². The summed E-state index contributed by atoms with van der Waals surface area (Å²) < 4.78 is 27.1. The van der Waals surface area contributed by atoms with Crippen molar-refractivity contribution in [2.45, 2.75) is 6.42 Å². The Morgan fingerprint density at radius 2 is 2.22 bits per heavy atom. The average molecular weight is 266 g/mol. The van der Waals surface area contributed by atoms with Crippen LogP contribution in [0.1, 0.15) is 5.56 Å². The van der Waals surface area contributed by atoms with Crippen LogP contribution < -0.4 is 8.67 Å². The lowest BCUT2D eigenvalue weighted by atomic mass is 10.0. The Morgan fingerprint density at radius 3 is 2.94 bits per heavy atom. The topological polar surface area (TPSA) is 65.2 Å². The second kappa shape index (κ2) is 3.81. The van der Waals surface area contributed by atoms with E-state index in [0.29, 0.717) is 10.2 Å². The minimum Gasteiger partial charge on any atom is -0.740 e. The molecule has 0 saturated carbocycles. The van der Waals surface area contributed by atoms with Gasteiger partial charge in [-0.2, -0.15) is 0 Å². The Kier molecular flexibility index (Phi) is 2.48. The molecule has 2 aromatic rings. The first-order valence-electron chi connectivity index (χ1n) is 5.73. The first-order chi connectivity index (χ1) is 8.49. The summed E-state index contributed by atoms with van der Waals surface area (Å²) in [6.07, 6.45) is 2.97. The molecule has 1 aromatic heterocycles. The van der Waals surface area contributed by atoms with Gasteiger partial charge in [-0.3, -0.25) is 4.48 Å². The number of benzene rings is 1. The zero-order valence-corrected chi connectivity index (χ0v) is 11.0. The number of likely N-dealkylation sites (N-methyl/N-ethyl adjacent to an activating group) is 1. The summed E-state index contributed by atoms with van der Waals surface area (Å²) in [5.74, 6) is 0.418. The summed E-state index contributed by atoms with van der Waals surface area (Å²) in [4.78, 5) is 3.22. The van der Waals surface area contributed by atoms with Crippen molar-refractivity contribution in [1.29, 1.82) is 0 Å². The predicted octanol–water partition coefficient (Wildman–Crippen LogP) is 1.46. The zero-order valence-electron chi connectivity index (χ0n) is 10.2. The largest absolute Gasteiger partial charge is 0.740 e. The molecule has 0 bridgehead atoms. The third kappa shape index (κ3) is 1.65. The molecule has 1 aliphatic rings. The quantitative estimate of drug-likeness (QED) is 0.661. The summed E-state index contributed by atoms with van der Waals surface area (Å²) >= 11 is -2.55. The second-order valence-electron chi connectivity index (χ2n) is 5.09. The molecule has 96 valence electrons. The lowest BCUT2D eigenvalue weighted by molar-refractivity contribution is 0.381. The first kappa shape index (κ1) is 11.7. The molecular formula is C12H14N2O3S. The molecule has 5 nitrogen and oxygen atoms in total. The van der Waals surface area contributed by atoms with Gasteiger partial charge >= 0.3 is 0 Å². The molecule has 18 heavy (non-hydrogen) atoms. The Bertz CT molecular complexity index is 648. The fourth-order valence-electron chi connectivity index (χ4n) is 2.70. The summed E-state index contributed by atoms with van der Waals surface area (Å²) in [7, 11) is 4.12. The minimum absolute atomic E-state index is 0.418. The summed E-state index contributed by atoms with van der Waals surface area (Å²) in [6, 6.07) is 3.56. The van der Waals surface area contributed by atoms with E-state index in [1.165, 1.54) is 5.56 Å². The number of nitrogens with zero attached hydrogens (tertiary/aromatic N) is 1. The van der Waals surface area contributed by atoms with E-state index in [1.807, 2.05) is 12.3 Å². The molecule has 1 atom stereocenters. The van der Waals surface area contributed by atoms with Gasteiger partial charge < -0.3 is 13.7 Å². The molecule has 6 heteroatoms. The molecule has 1 aromatic carbocycles. The van der Waals surface area contributed by atoms with Gasteiger partial charge in [-0.25, -0.2) is 4.21 Å². The SMILES string of the molecule is C[N+]1(C)CCc2c[nH]c3ccc(OS(=O)[O-])c1c23. The van der Waals surface area contributed by atoms with Gasteiger partial charge in [0.25, 0.3) is 0 Å². The van der Waals surface area contributed by atoms with Crippen LogP contribution in [0.25, 0.3) is 10.9 Å². The number of hydrogen-bond acceptors (Lipinski definition) is 3. The number of aromatic nitrogens is 1. The maximum atomic E-state index is 10.8. The summed E-state index contributed by atoms with van der Waals surface area (Å²) in [6.45, 7) is 0.922. The van der Waals surface area contributed by atoms with E-state index in [9.17, 15) is 8.76 Å². The first-order valence-corrected chi connectivity index (χ1v) is 6.73. The van der Waals surface area contributed by atoms with E-state index < -0.39 is 11.4 Å². The normalized spacial score (nSPS) is 18.8. The molecule has 1 aliphatic heterocycles. The van der Waals surface area contributed by atoms with E-state index in [-0.39, 0.29) is 0 Å². The molecule has 2 heterocycles. The molecule has 0 spiro atoms. The number of rotatable bonds is 2. The van der Waals surface area contributed by atoms with Crippen molar-refractivity contribution in [2.75, 3.05) is 20.6 Å². The van der Waals surface area contributed by atoms with Crippen LogP contribution in [-0.2, 0) is 17.8 Å². The predicted molar refractivity (Wildman–Crippen MR) is 70.1 cm³/mol. The fourth-order valence-corrected chi connectivity index (χ4v) is 2.99. The molecule has 1 unspecified atom stereocenters. The van der Waals surface area contributed by atoms with Crippen molar-refractivity contribution in [3.63, 3.8) is 0 Å². The van der Waals surface area contributed by atoms with Crippen LogP contribution in [0.5, 0.6) is 5.75 Å². The number of H-pyrrole nitrogens is 1. The fraction of sp³-hybridized carbons (Fsp3) is 0.333. The third-order valence-electron chi connectivity index (χ3n) is 3.57. The highest BCUT2D eigenvalue weighted by molar-refractivity contribution is 7.74. The van der Waals surface area contributed by atoms with Crippen molar-refractivity contribution in [1.82, 2.24) is 9.47 Å². The maximum absolute atomic E-state index is 10.8. The van der Waals surface area contributed by atoms with Crippen molar-refractivity contribution >= 4 is 28.0 Å². The van der Waals surface area contributed by atoms with Crippen LogP contribution in [0.4, 0.5) is 5.69 Å².